The molecule has 1 fully saturated rings. The van der Waals surface area contributed by atoms with Crippen LogP contribution in [0.5, 0.6) is 0 Å². The van der Waals surface area contributed by atoms with Gasteiger partial charge in [-0.1, -0.05) is 39.7 Å². The van der Waals surface area contributed by atoms with E-state index in [9.17, 15) is 4.79 Å². The van der Waals surface area contributed by atoms with E-state index in [1.807, 2.05) is 0 Å². The van der Waals surface area contributed by atoms with Crippen LogP contribution in [0.3, 0.4) is 0 Å². The summed E-state index contributed by atoms with van der Waals surface area (Å²) in [4.78, 5) is 10.8. The van der Waals surface area contributed by atoms with E-state index in [2.05, 4.69) is 26.8 Å². The molecule has 1 aliphatic carbocycles. The zero-order valence-electron chi connectivity index (χ0n) is 9.62. The fourth-order valence-electron chi connectivity index (χ4n) is 2.09. The number of rotatable bonds is 3. The molecule has 1 heteroatoms. The molecule has 0 atom stereocenters. The SMILES string of the molecule is CC1CCC(C=C(C=O)C(C)C)CC1. The topological polar surface area (TPSA) is 17.1 Å². The van der Waals surface area contributed by atoms with Gasteiger partial charge in [0.25, 0.3) is 0 Å². The molecule has 0 saturated heterocycles. The lowest BCUT2D eigenvalue weighted by Gasteiger charge is -2.24. The number of allylic oxidation sites excluding steroid dienone is 2. The smallest absolute Gasteiger partial charge is 0.145 e. The number of carbonyl (C=O) groups is 1. The quantitative estimate of drug-likeness (QED) is 0.495. The van der Waals surface area contributed by atoms with Crippen molar-refractivity contribution in [3.05, 3.63) is 11.6 Å². The van der Waals surface area contributed by atoms with E-state index in [0.29, 0.717) is 11.8 Å². The minimum atomic E-state index is 0.381. The lowest BCUT2D eigenvalue weighted by molar-refractivity contribution is -0.105. The van der Waals surface area contributed by atoms with Crippen molar-refractivity contribution in [2.45, 2.75) is 46.5 Å². The fourth-order valence-corrected chi connectivity index (χ4v) is 2.09. The van der Waals surface area contributed by atoms with Gasteiger partial charge in [0.2, 0.25) is 0 Å². The predicted molar refractivity (Wildman–Crippen MR) is 60.1 cm³/mol. The maximum atomic E-state index is 10.8. The first-order valence-corrected chi connectivity index (χ1v) is 5.80. The largest absolute Gasteiger partial charge is 0.298 e. The van der Waals surface area contributed by atoms with Gasteiger partial charge in [0.05, 0.1) is 0 Å². The van der Waals surface area contributed by atoms with Gasteiger partial charge >= 0.3 is 0 Å². The van der Waals surface area contributed by atoms with Gasteiger partial charge in [-0.25, -0.2) is 0 Å². The minimum absolute atomic E-state index is 0.381. The van der Waals surface area contributed by atoms with E-state index in [1.165, 1.54) is 25.7 Å². The first-order valence-electron chi connectivity index (χ1n) is 5.80. The fraction of sp³-hybridized carbons (Fsp3) is 0.769. The molecule has 0 aliphatic heterocycles. The monoisotopic (exact) mass is 194 g/mol. The van der Waals surface area contributed by atoms with Gasteiger partial charge in [0.15, 0.2) is 0 Å². The first kappa shape index (κ1) is 11.5. The normalized spacial score (nSPS) is 29.3. The van der Waals surface area contributed by atoms with Crippen LogP contribution in [0, 0.1) is 17.8 Å². The highest BCUT2D eigenvalue weighted by Gasteiger charge is 2.17. The summed E-state index contributed by atoms with van der Waals surface area (Å²) in [6, 6.07) is 0. The van der Waals surface area contributed by atoms with Crippen molar-refractivity contribution >= 4 is 6.29 Å². The second kappa shape index (κ2) is 5.33. The number of hydrogen-bond acceptors (Lipinski definition) is 1. The Morgan fingerprint density at radius 3 is 2.21 bits per heavy atom. The van der Waals surface area contributed by atoms with Crippen molar-refractivity contribution in [3.63, 3.8) is 0 Å². The van der Waals surface area contributed by atoms with Gasteiger partial charge in [-0.2, -0.15) is 0 Å². The molecule has 0 aromatic carbocycles. The van der Waals surface area contributed by atoms with E-state index < -0.39 is 0 Å². The molecular formula is C13H22O. The van der Waals surface area contributed by atoms with E-state index in [4.69, 9.17) is 0 Å². The standard InChI is InChI=1S/C13H22O/c1-10(2)13(9-14)8-12-6-4-11(3)5-7-12/h8-12H,4-7H2,1-3H3. The van der Waals surface area contributed by atoms with Crippen molar-refractivity contribution in [2.75, 3.05) is 0 Å². The highest BCUT2D eigenvalue weighted by molar-refractivity contribution is 5.73. The molecule has 14 heavy (non-hydrogen) atoms. The first-order chi connectivity index (χ1) is 6.63. The van der Waals surface area contributed by atoms with Gasteiger partial charge in [-0.05, 0) is 36.2 Å². The molecule has 1 rings (SSSR count). The Morgan fingerprint density at radius 1 is 1.21 bits per heavy atom. The molecule has 1 saturated carbocycles. The molecule has 0 amide bonds. The Hall–Kier alpha value is -0.590. The molecule has 1 nitrogen and oxygen atoms in total. The molecule has 0 aromatic rings. The van der Waals surface area contributed by atoms with Crippen LogP contribution in [0.4, 0.5) is 0 Å². The van der Waals surface area contributed by atoms with Gasteiger partial charge in [0.1, 0.15) is 6.29 Å². The third-order valence-electron chi connectivity index (χ3n) is 3.29. The molecular weight excluding hydrogens is 172 g/mol. The van der Waals surface area contributed by atoms with Crippen molar-refractivity contribution < 1.29 is 4.79 Å². The zero-order chi connectivity index (χ0) is 10.6. The van der Waals surface area contributed by atoms with E-state index in [0.717, 1.165) is 17.8 Å². The summed E-state index contributed by atoms with van der Waals surface area (Å²) in [5, 5.41) is 0. The van der Waals surface area contributed by atoms with E-state index in [1.54, 1.807) is 0 Å². The molecule has 0 spiro atoms. The van der Waals surface area contributed by atoms with Gasteiger partial charge in [-0.15, -0.1) is 0 Å². The second-order valence-corrected chi connectivity index (χ2v) is 4.96. The average molecular weight is 194 g/mol. The molecule has 0 aromatic heterocycles. The highest BCUT2D eigenvalue weighted by atomic mass is 16.1. The molecule has 0 bridgehead atoms. The maximum absolute atomic E-state index is 10.8. The molecule has 0 N–H and O–H groups in total. The third-order valence-corrected chi connectivity index (χ3v) is 3.29. The Kier molecular flexibility index (Phi) is 4.37. The van der Waals surface area contributed by atoms with Crippen molar-refractivity contribution in [3.8, 4) is 0 Å². The van der Waals surface area contributed by atoms with E-state index >= 15 is 0 Å². The molecule has 0 radical (unpaired) electrons. The Morgan fingerprint density at radius 2 is 1.79 bits per heavy atom. The summed E-state index contributed by atoms with van der Waals surface area (Å²) < 4.78 is 0. The van der Waals surface area contributed by atoms with Crippen LogP contribution < -0.4 is 0 Å². The van der Waals surface area contributed by atoms with Crippen LogP contribution in [0.25, 0.3) is 0 Å². The van der Waals surface area contributed by atoms with Crippen LogP contribution in [0.15, 0.2) is 11.6 Å². The third kappa shape index (κ3) is 3.28. The Balaban J connectivity index is 2.53. The summed E-state index contributed by atoms with van der Waals surface area (Å²) in [5.74, 6) is 1.93. The van der Waals surface area contributed by atoms with Crippen LogP contribution >= 0.6 is 0 Å². The van der Waals surface area contributed by atoms with Crippen molar-refractivity contribution in [2.24, 2.45) is 17.8 Å². The van der Waals surface area contributed by atoms with Crippen LogP contribution in [-0.4, -0.2) is 6.29 Å². The van der Waals surface area contributed by atoms with E-state index in [-0.39, 0.29) is 0 Å². The lowest BCUT2D eigenvalue weighted by Crippen LogP contribution is -2.11. The predicted octanol–water partition coefficient (Wildman–Crippen LogP) is 3.59. The summed E-state index contributed by atoms with van der Waals surface area (Å²) in [6.45, 7) is 6.50. The molecule has 0 heterocycles. The Labute approximate surface area is 87.6 Å². The van der Waals surface area contributed by atoms with Crippen LogP contribution in [0.2, 0.25) is 0 Å². The average Bonchev–Trinajstić information content (AvgIpc) is 2.16. The number of aldehydes is 1. The van der Waals surface area contributed by atoms with Crippen LogP contribution in [0.1, 0.15) is 46.5 Å². The van der Waals surface area contributed by atoms with Gasteiger partial charge < -0.3 is 0 Å². The van der Waals surface area contributed by atoms with Crippen LogP contribution in [-0.2, 0) is 4.79 Å². The maximum Gasteiger partial charge on any atom is 0.145 e. The summed E-state index contributed by atoms with van der Waals surface area (Å²) in [7, 11) is 0. The molecule has 0 unspecified atom stereocenters. The molecule has 1 aliphatic rings. The van der Waals surface area contributed by atoms with Crippen molar-refractivity contribution in [1.29, 1.82) is 0 Å². The summed E-state index contributed by atoms with van der Waals surface area (Å²) >= 11 is 0. The highest BCUT2D eigenvalue weighted by Crippen LogP contribution is 2.30. The van der Waals surface area contributed by atoms with Gasteiger partial charge in [-0.3, -0.25) is 4.79 Å². The van der Waals surface area contributed by atoms with Crippen molar-refractivity contribution in [1.82, 2.24) is 0 Å². The second-order valence-electron chi connectivity index (χ2n) is 4.96. The minimum Gasteiger partial charge on any atom is -0.298 e. The summed E-state index contributed by atoms with van der Waals surface area (Å²) in [6.07, 6.45) is 8.43. The number of hydrogen-bond donors (Lipinski definition) is 0. The van der Waals surface area contributed by atoms with Gasteiger partial charge in [0, 0.05) is 0 Å². The number of carbonyl (C=O) groups excluding carboxylic acids is 1. The Bertz CT molecular complexity index is 207. The summed E-state index contributed by atoms with van der Waals surface area (Å²) in [5.41, 5.74) is 0.990. The zero-order valence-corrected chi connectivity index (χ0v) is 9.62. The molecule has 80 valence electrons. The lowest BCUT2D eigenvalue weighted by atomic mass is 9.81.